The molecule has 0 aromatic heterocycles. The lowest BCUT2D eigenvalue weighted by molar-refractivity contribution is 0.597. The Kier molecular flexibility index (Phi) is 4.73. The molecule has 28 heavy (non-hydrogen) atoms. The Balaban J connectivity index is 1.81. The monoisotopic (exact) mass is 394 g/mol. The summed E-state index contributed by atoms with van der Waals surface area (Å²) in [5.41, 5.74) is 3.50. The Hall–Kier alpha value is -2.99. The minimum atomic E-state index is -3.86. The molecule has 1 heterocycles. The summed E-state index contributed by atoms with van der Waals surface area (Å²) in [4.78, 5) is 1.98. The van der Waals surface area contributed by atoms with Crippen LogP contribution in [0.25, 0.3) is 0 Å². The van der Waals surface area contributed by atoms with Crippen molar-refractivity contribution < 1.29 is 12.8 Å². The smallest absolute Gasteiger partial charge is 0.283 e. The number of hydrogen-bond acceptors (Lipinski definition) is 2. The third kappa shape index (κ3) is 3.68. The fourth-order valence-corrected chi connectivity index (χ4v) is 4.30. The Bertz CT molecular complexity index is 1140. The Morgan fingerprint density at radius 3 is 2.36 bits per heavy atom. The van der Waals surface area contributed by atoms with Crippen LogP contribution in [0.5, 0.6) is 0 Å². The average molecular weight is 394 g/mol. The number of amidine groups is 1. The molecule has 142 valence electrons. The second-order valence-corrected chi connectivity index (χ2v) is 8.41. The first kappa shape index (κ1) is 18.4. The number of anilines is 1. The van der Waals surface area contributed by atoms with Crippen LogP contribution >= 0.6 is 0 Å². The molecule has 1 aliphatic heterocycles. The highest BCUT2D eigenvalue weighted by molar-refractivity contribution is 7.90. The molecule has 0 atom stereocenters. The molecule has 4 nitrogen and oxygen atoms in total. The SMILES string of the molecule is Cc1ccc(S(=O)(=O)N=C2Cc3ccc(F)cc3CN2c2ccccc2)cc1. The van der Waals surface area contributed by atoms with Crippen LogP contribution in [0, 0.1) is 12.7 Å². The lowest BCUT2D eigenvalue weighted by atomic mass is 9.98. The van der Waals surface area contributed by atoms with E-state index in [1.165, 1.54) is 12.1 Å². The number of para-hydroxylation sites is 1. The summed E-state index contributed by atoms with van der Waals surface area (Å²) in [5, 5.41) is 0. The van der Waals surface area contributed by atoms with Gasteiger partial charge in [-0.2, -0.15) is 8.42 Å². The van der Waals surface area contributed by atoms with Crippen molar-refractivity contribution in [1.29, 1.82) is 0 Å². The van der Waals surface area contributed by atoms with Crippen molar-refractivity contribution >= 4 is 21.5 Å². The van der Waals surface area contributed by atoms with Gasteiger partial charge in [-0.25, -0.2) is 4.39 Å². The van der Waals surface area contributed by atoms with E-state index < -0.39 is 10.0 Å². The quantitative estimate of drug-likeness (QED) is 0.658. The number of benzene rings is 3. The standard InChI is InChI=1S/C22H19FN2O2S/c1-16-7-11-21(12-8-16)28(26,27)24-22-14-17-9-10-19(23)13-18(17)15-25(22)20-5-3-2-4-6-20/h2-13H,14-15H2,1H3. The van der Waals surface area contributed by atoms with Crippen LogP contribution in [0.1, 0.15) is 16.7 Å². The molecule has 0 saturated carbocycles. The van der Waals surface area contributed by atoms with Crippen molar-refractivity contribution in [1.82, 2.24) is 0 Å². The van der Waals surface area contributed by atoms with Crippen molar-refractivity contribution in [2.75, 3.05) is 4.90 Å². The van der Waals surface area contributed by atoms with Gasteiger partial charge in [0.1, 0.15) is 11.7 Å². The van der Waals surface area contributed by atoms with Gasteiger partial charge < -0.3 is 4.90 Å². The predicted molar refractivity (Wildman–Crippen MR) is 109 cm³/mol. The van der Waals surface area contributed by atoms with Crippen LogP contribution in [0.15, 0.2) is 82.1 Å². The summed E-state index contributed by atoms with van der Waals surface area (Å²) in [6.45, 7) is 2.26. The molecule has 3 aromatic rings. The van der Waals surface area contributed by atoms with Crippen LogP contribution < -0.4 is 4.90 Å². The van der Waals surface area contributed by atoms with Crippen molar-refractivity contribution in [2.24, 2.45) is 4.40 Å². The molecular formula is C22H19FN2O2S. The Morgan fingerprint density at radius 2 is 1.64 bits per heavy atom. The summed E-state index contributed by atoms with van der Waals surface area (Å²) in [6.07, 6.45) is 0.315. The second-order valence-electron chi connectivity index (χ2n) is 6.81. The van der Waals surface area contributed by atoms with Crippen LogP contribution in [0.3, 0.4) is 0 Å². The molecule has 3 aromatic carbocycles. The molecule has 0 aliphatic carbocycles. The fraction of sp³-hybridized carbons (Fsp3) is 0.136. The van der Waals surface area contributed by atoms with Crippen molar-refractivity contribution in [2.45, 2.75) is 24.8 Å². The first-order valence-electron chi connectivity index (χ1n) is 8.93. The number of sulfonamides is 1. The molecule has 0 spiro atoms. The summed E-state index contributed by atoms with van der Waals surface area (Å²) in [6, 6.07) is 20.6. The third-order valence-corrected chi connectivity index (χ3v) is 6.09. The van der Waals surface area contributed by atoms with E-state index in [1.807, 2.05) is 42.2 Å². The second kappa shape index (κ2) is 7.20. The van der Waals surface area contributed by atoms with E-state index in [2.05, 4.69) is 4.40 Å². The maximum absolute atomic E-state index is 13.7. The number of fused-ring (bicyclic) bond motifs is 1. The zero-order valence-electron chi connectivity index (χ0n) is 15.3. The van der Waals surface area contributed by atoms with E-state index in [4.69, 9.17) is 0 Å². The third-order valence-electron chi connectivity index (χ3n) is 4.77. The Morgan fingerprint density at radius 1 is 0.929 bits per heavy atom. The van der Waals surface area contributed by atoms with Gasteiger partial charge in [0, 0.05) is 18.7 Å². The van der Waals surface area contributed by atoms with E-state index in [-0.39, 0.29) is 10.7 Å². The average Bonchev–Trinajstić information content (AvgIpc) is 2.68. The van der Waals surface area contributed by atoms with Gasteiger partial charge in [-0.1, -0.05) is 42.0 Å². The van der Waals surface area contributed by atoms with Gasteiger partial charge >= 0.3 is 0 Å². The summed E-state index contributed by atoms with van der Waals surface area (Å²) < 4.78 is 43.6. The highest BCUT2D eigenvalue weighted by atomic mass is 32.2. The predicted octanol–water partition coefficient (Wildman–Crippen LogP) is 4.48. The van der Waals surface area contributed by atoms with Crippen molar-refractivity contribution in [3.63, 3.8) is 0 Å². The highest BCUT2D eigenvalue weighted by Gasteiger charge is 2.26. The molecule has 1 aliphatic rings. The molecule has 0 N–H and O–H groups in total. The van der Waals surface area contributed by atoms with Gasteiger partial charge in [-0.05, 0) is 54.4 Å². The highest BCUT2D eigenvalue weighted by Crippen LogP contribution is 2.28. The number of rotatable bonds is 3. The van der Waals surface area contributed by atoms with Crippen LogP contribution in [-0.2, 0) is 23.0 Å². The van der Waals surface area contributed by atoms with Gasteiger partial charge in [0.25, 0.3) is 10.0 Å². The number of nitrogens with zero attached hydrogens (tertiary/aromatic N) is 2. The van der Waals surface area contributed by atoms with Crippen LogP contribution in [0.4, 0.5) is 10.1 Å². The van der Waals surface area contributed by atoms with E-state index in [1.54, 1.807) is 30.3 Å². The van der Waals surface area contributed by atoms with Gasteiger partial charge in [-0.15, -0.1) is 4.40 Å². The van der Waals surface area contributed by atoms with Gasteiger partial charge in [0.15, 0.2) is 0 Å². The minimum Gasteiger partial charge on any atom is -0.324 e. The van der Waals surface area contributed by atoms with Gasteiger partial charge in [-0.3, -0.25) is 0 Å². The van der Waals surface area contributed by atoms with Crippen molar-refractivity contribution in [3.8, 4) is 0 Å². The molecule has 0 amide bonds. The number of halogens is 1. The van der Waals surface area contributed by atoms with E-state index in [9.17, 15) is 12.8 Å². The zero-order chi connectivity index (χ0) is 19.7. The molecule has 0 fully saturated rings. The first-order chi connectivity index (χ1) is 13.4. The lowest BCUT2D eigenvalue weighted by Crippen LogP contribution is -2.37. The number of aryl methyl sites for hydroxylation is 1. The number of hydrogen-bond donors (Lipinski definition) is 0. The van der Waals surface area contributed by atoms with Gasteiger partial charge in [0.2, 0.25) is 0 Å². The lowest BCUT2D eigenvalue weighted by Gasteiger charge is -2.32. The largest absolute Gasteiger partial charge is 0.324 e. The van der Waals surface area contributed by atoms with E-state index in [0.717, 1.165) is 22.4 Å². The fourth-order valence-electron chi connectivity index (χ4n) is 3.27. The molecular weight excluding hydrogens is 375 g/mol. The Labute approximate surface area is 164 Å². The minimum absolute atomic E-state index is 0.156. The normalized spacial score (nSPS) is 15.5. The summed E-state index contributed by atoms with van der Waals surface area (Å²) in [5.74, 6) is 0.116. The maximum Gasteiger partial charge on any atom is 0.283 e. The van der Waals surface area contributed by atoms with Gasteiger partial charge in [0.05, 0.1) is 4.90 Å². The maximum atomic E-state index is 13.7. The first-order valence-corrected chi connectivity index (χ1v) is 10.4. The van der Waals surface area contributed by atoms with Crippen LogP contribution in [0.2, 0.25) is 0 Å². The zero-order valence-corrected chi connectivity index (χ0v) is 16.2. The van der Waals surface area contributed by atoms with E-state index >= 15 is 0 Å². The van der Waals surface area contributed by atoms with Crippen molar-refractivity contribution in [3.05, 3.63) is 95.3 Å². The molecule has 6 heteroatoms. The molecule has 0 radical (unpaired) electrons. The summed E-state index contributed by atoms with van der Waals surface area (Å²) >= 11 is 0. The molecule has 0 unspecified atom stereocenters. The molecule has 0 saturated heterocycles. The van der Waals surface area contributed by atoms with E-state index in [0.29, 0.717) is 18.8 Å². The summed E-state index contributed by atoms with van der Waals surface area (Å²) in [7, 11) is -3.86. The molecule has 0 bridgehead atoms. The topological polar surface area (TPSA) is 49.7 Å². The molecule has 4 rings (SSSR count). The van der Waals surface area contributed by atoms with Crippen LogP contribution in [-0.4, -0.2) is 14.3 Å².